The molecule has 8 aromatic carbocycles. The number of hydrogen-bond acceptors (Lipinski definition) is 20. The van der Waals surface area contributed by atoms with Gasteiger partial charge in [-0.25, -0.2) is 39.9 Å². The number of ether oxygens (including phenoxy) is 4. The van der Waals surface area contributed by atoms with Gasteiger partial charge >= 0.3 is 0 Å². The number of aryl methyl sites for hydroxylation is 3. The Kier molecular flexibility index (Phi) is 26.4. The second kappa shape index (κ2) is 37.6. The van der Waals surface area contributed by atoms with E-state index in [1.165, 1.54) is 52.1 Å². The Bertz CT molecular complexity index is 5140. The third kappa shape index (κ3) is 22.2. The van der Waals surface area contributed by atoms with Crippen molar-refractivity contribution in [3.05, 3.63) is 264 Å². The molecule has 2 fully saturated rings. The molecule has 0 atom stereocenters. The molecule has 24 nitrogen and oxygen atoms in total. The van der Waals surface area contributed by atoms with Gasteiger partial charge in [0.05, 0.1) is 71.5 Å². The highest BCUT2D eigenvalue weighted by atomic mass is 16.5. The van der Waals surface area contributed by atoms with Gasteiger partial charge in [0.2, 0.25) is 23.8 Å². The molecule has 0 bridgehead atoms. The van der Waals surface area contributed by atoms with E-state index in [1.54, 1.807) is 85.5 Å². The van der Waals surface area contributed by atoms with Gasteiger partial charge in [0.15, 0.2) is 0 Å². The number of aromatic nitrogens is 8. The summed E-state index contributed by atoms with van der Waals surface area (Å²) in [5.41, 5.74) is 36.3. The van der Waals surface area contributed by atoms with Crippen molar-refractivity contribution in [2.75, 3.05) is 41.6 Å². The Morgan fingerprint density at radius 3 is 1.17 bits per heavy atom. The molecular weight excluding hydrogens is 1390 g/mol. The molecule has 2 aliphatic carbocycles. The first-order valence-corrected chi connectivity index (χ1v) is 36.2. The molecule has 4 aromatic heterocycles. The number of carbonyl (C=O) groups is 4. The van der Waals surface area contributed by atoms with Crippen molar-refractivity contribution in [3.8, 4) is 68.0 Å². The summed E-state index contributed by atoms with van der Waals surface area (Å²) in [6.07, 6.45) is 15.3. The second-order valence-corrected chi connectivity index (χ2v) is 26.7. The van der Waals surface area contributed by atoms with Crippen LogP contribution in [0.2, 0.25) is 0 Å². The van der Waals surface area contributed by atoms with Crippen LogP contribution >= 0.6 is 0 Å². The standard InChI is InChI=1S/C24H26N4O2.C21H20N4O2.C21H22N4O2.C20H20N4O2/c25-23(29)20-15-18(11-12-22(20)30-16-17-7-3-1-4-8-17)21-13-14-26-24(28-21)27-19-9-5-2-6-10-19;22-20(26)17-12-15(8-9-19(17)27-13-14-6-7-14)18-10-11-23-21(25-18)24-16-4-2-1-3-5-16;1-12-7-13(2)9-16(8-12)24-21-23-11-14(3)19(25-21)15-5-6-18(27-4)17(10-15)20(22)26;1-13(2)26-18-9-8-14(12-16(18)19(21)25)17-10-11-22-20(24-17)23-15-6-4-3-5-7-15/h2,5-6,9-15,17H,1,3-4,7-8,16H2,(H2,25,29)(H,26,27,28);1-5,8-12,14H,6-7,13H2,(H2,22,26)(H,23,24,25);5-11H,1-4H3,(H2,22,26)(H,23,24,25);3-13H,1-2H3,(H2,21,25)(H,22,23,24). The fourth-order valence-electron chi connectivity index (χ4n) is 12.0. The normalized spacial score (nSPS) is 12.2. The first kappa shape index (κ1) is 77.5. The first-order valence-electron chi connectivity index (χ1n) is 36.2. The van der Waals surface area contributed by atoms with E-state index < -0.39 is 23.6 Å². The van der Waals surface area contributed by atoms with Crippen LogP contribution in [0, 0.1) is 32.6 Å². The number of rotatable bonds is 25. The monoisotopic (exact) mass is 1470 g/mol. The van der Waals surface area contributed by atoms with Crippen molar-refractivity contribution in [2.45, 2.75) is 85.7 Å². The van der Waals surface area contributed by atoms with Crippen LogP contribution in [0.25, 0.3) is 45.0 Å². The van der Waals surface area contributed by atoms with Gasteiger partial charge in [-0.05, 0) is 228 Å². The maximum absolute atomic E-state index is 12.1. The summed E-state index contributed by atoms with van der Waals surface area (Å²) in [6.45, 7) is 11.0. The third-order valence-corrected chi connectivity index (χ3v) is 17.6. The minimum atomic E-state index is -0.547. The van der Waals surface area contributed by atoms with Crippen LogP contribution in [0.5, 0.6) is 23.0 Å². The van der Waals surface area contributed by atoms with E-state index >= 15 is 0 Å². The largest absolute Gasteiger partial charge is 0.496 e. The minimum absolute atomic E-state index is 0.0559. The summed E-state index contributed by atoms with van der Waals surface area (Å²) in [6, 6.07) is 62.0. The Labute approximate surface area is 639 Å². The number of anilines is 8. The summed E-state index contributed by atoms with van der Waals surface area (Å²) < 4.78 is 22.6. The zero-order valence-corrected chi connectivity index (χ0v) is 62.1. The highest BCUT2D eigenvalue weighted by molar-refractivity contribution is 5.99. The van der Waals surface area contributed by atoms with Gasteiger partial charge in [-0.1, -0.05) is 79.9 Å². The smallest absolute Gasteiger partial charge is 0.252 e. The summed E-state index contributed by atoms with van der Waals surface area (Å²) in [5.74, 6) is 2.91. The van der Waals surface area contributed by atoms with Gasteiger partial charge in [-0.15, -0.1) is 0 Å². The van der Waals surface area contributed by atoms with Crippen molar-refractivity contribution >= 4 is 70.2 Å². The number of amides is 4. The van der Waals surface area contributed by atoms with Gasteiger partial charge in [-0.3, -0.25) is 19.2 Å². The number of benzene rings is 8. The Morgan fingerprint density at radius 2 is 0.764 bits per heavy atom. The molecule has 14 rings (SSSR count). The summed E-state index contributed by atoms with van der Waals surface area (Å²) in [4.78, 5) is 82.8. The number of hydrogen-bond donors (Lipinski definition) is 8. The van der Waals surface area contributed by atoms with Crippen LogP contribution in [0.1, 0.15) is 117 Å². The molecule has 24 heteroatoms. The molecule has 12 aromatic rings. The predicted octanol–water partition coefficient (Wildman–Crippen LogP) is 16.4. The molecule has 0 aliphatic heterocycles. The van der Waals surface area contributed by atoms with E-state index in [-0.39, 0.29) is 6.10 Å². The maximum atomic E-state index is 12.1. The lowest BCUT2D eigenvalue weighted by Crippen LogP contribution is -2.18. The lowest BCUT2D eigenvalue weighted by Gasteiger charge is -2.22. The topological polar surface area (TPSA) is 361 Å². The van der Waals surface area contributed by atoms with E-state index in [0.29, 0.717) is 111 Å². The Morgan fingerprint density at radius 1 is 0.400 bits per heavy atom. The van der Waals surface area contributed by atoms with Gasteiger partial charge in [0.25, 0.3) is 23.6 Å². The lowest BCUT2D eigenvalue weighted by atomic mass is 9.90. The van der Waals surface area contributed by atoms with E-state index in [4.69, 9.17) is 41.9 Å². The predicted molar refractivity (Wildman–Crippen MR) is 430 cm³/mol. The molecule has 0 radical (unpaired) electrons. The second-order valence-electron chi connectivity index (χ2n) is 26.7. The van der Waals surface area contributed by atoms with Crippen molar-refractivity contribution in [2.24, 2.45) is 34.8 Å². The summed E-state index contributed by atoms with van der Waals surface area (Å²) in [7, 11) is 1.50. The van der Waals surface area contributed by atoms with Crippen LogP contribution in [-0.2, 0) is 0 Å². The minimum Gasteiger partial charge on any atom is -0.496 e. The van der Waals surface area contributed by atoms with E-state index in [0.717, 1.165) is 67.4 Å². The highest BCUT2D eigenvalue weighted by Crippen LogP contribution is 2.35. The average Bonchev–Trinajstić information content (AvgIpc) is 0.913. The molecule has 110 heavy (non-hydrogen) atoms. The number of methoxy groups -OCH3 is 1. The summed E-state index contributed by atoms with van der Waals surface area (Å²) in [5, 5.41) is 12.7. The van der Waals surface area contributed by atoms with Crippen LogP contribution in [0.4, 0.5) is 46.5 Å². The molecule has 2 aliphatic rings. The Hall–Kier alpha value is -13.6. The fraction of sp³-hybridized carbons (Fsp3) is 0.209. The molecule has 560 valence electrons. The van der Waals surface area contributed by atoms with Crippen LogP contribution in [0.3, 0.4) is 0 Å². The van der Waals surface area contributed by atoms with Gasteiger partial charge in [0, 0.05) is 69.8 Å². The van der Waals surface area contributed by atoms with E-state index in [1.807, 2.05) is 168 Å². The number of carbonyl (C=O) groups excluding carboxylic acids is 4. The van der Waals surface area contributed by atoms with Crippen molar-refractivity contribution < 1.29 is 38.1 Å². The third-order valence-electron chi connectivity index (χ3n) is 17.6. The number of primary amides is 4. The molecule has 0 saturated heterocycles. The zero-order chi connectivity index (χ0) is 77.5. The van der Waals surface area contributed by atoms with Crippen LogP contribution in [0.15, 0.2) is 225 Å². The molecule has 0 spiro atoms. The van der Waals surface area contributed by atoms with Gasteiger partial charge in [0.1, 0.15) is 23.0 Å². The molecule has 0 unspecified atom stereocenters. The van der Waals surface area contributed by atoms with Crippen molar-refractivity contribution in [1.82, 2.24) is 39.9 Å². The molecule has 4 heterocycles. The zero-order valence-electron chi connectivity index (χ0n) is 62.1. The SMILES string of the molecule is CC(C)Oc1ccc(-c2ccnc(Nc3ccccc3)n2)cc1C(N)=O.COc1ccc(-c2nc(Nc3cc(C)cc(C)c3)ncc2C)cc1C(N)=O.NC(=O)c1cc(-c2ccnc(Nc3ccccc3)n2)ccc1OCC1CC1.NC(=O)c1cc(-c2ccnc(Nc3ccccc3)n2)ccc1OCC1CCCCC1. The molecule has 4 amide bonds. The van der Waals surface area contributed by atoms with E-state index in [2.05, 4.69) is 67.2 Å². The number of para-hydroxylation sites is 3. The highest BCUT2D eigenvalue weighted by Gasteiger charge is 2.24. The number of nitrogens with two attached hydrogens (primary N) is 4. The Balaban J connectivity index is 0.000000146. The molecule has 12 N–H and O–H groups in total. The van der Waals surface area contributed by atoms with Crippen molar-refractivity contribution in [1.29, 1.82) is 0 Å². The van der Waals surface area contributed by atoms with Gasteiger partial charge in [-0.2, -0.15) is 0 Å². The lowest BCUT2D eigenvalue weighted by molar-refractivity contribution is 0.0985. The quantitative estimate of drug-likeness (QED) is 0.0263. The maximum Gasteiger partial charge on any atom is 0.252 e. The van der Waals surface area contributed by atoms with Gasteiger partial charge < -0.3 is 63.1 Å². The summed E-state index contributed by atoms with van der Waals surface area (Å²) >= 11 is 0. The van der Waals surface area contributed by atoms with Crippen molar-refractivity contribution in [3.63, 3.8) is 0 Å². The molecular formula is C86H88N16O8. The number of nitrogens with zero attached hydrogens (tertiary/aromatic N) is 8. The average molecular weight is 1470 g/mol. The molecule has 2 saturated carbocycles. The van der Waals surface area contributed by atoms with E-state index in [9.17, 15) is 19.2 Å². The number of nitrogens with one attached hydrogen (secondary N) is 4. The van der Waals surface area contributed by atoms with Crippen LogP contribution < -0.4 is 63.1 Å². The first-order chi connectivity index (χ1) is 53.3. The fourth-order valence-corrected chi connectivity index (χ4v) is 12.0. The van der Waals surface area contributed by atoms with Crippen LogP contribution in [-0.4, -0.2) is 89.9 Å².